The van der Waals surface area contributed by atoms with Gasteiger partial charge < -0.3 is 9.72 Å². The molecule has 3 heterocycles. The molecule has 1 aliphatic rings. The van der Waals surface area contributed by atoms with Gasteiger partial charge in [-0.25, -0.2) is 4.68 Å². The van der Waals surface area contributed by atoms with E-state index in [0.717, 1.165) is 49.4 Å². The van der Waals surface area contributed by atoms with Crippen LogP contribution in [0.4, 0.5) is 0 Å². The molecule has 1 fully saturated rings. The number of tetrazole rings is 1. The molecule has 1 atom stereocenters. The van der Waals surface area contributed by atoms with Crippen molar-refractivity contribution in [2.75, 3.05) is 32.8 Å². The Labute approximate surface area is 217 Å². The summed E-state index contributed by atoms with van der Waals surface area (Å²) in [5.74, 6) is 1.45. The zero-order valence-corrected chi connectivity index (χ0v) is 22.0. The number of aromatic nitrogens is 5. The van der Waals surface area contributed by atoms with E-state index in [-0.39, 0.29) is 17.1 Å². The average Bonchev–Trinajstić information content (AvgIpc) is 3.37. The van der Waals surface area contributed by atoms with Crippen molar-refractivity contribution in [3.8, 4) is 5.75 Å². The Hall–Kier alpha value is -3.56. The topological polar surface area (TPSA) is 92.2 Å². The summed E-state index contributed by atoms with van der Waals surface area (Å²) in [7, 11) is 0. The molecule has 194 valence electrons. The van der Waals surface area contributed by atoms with E-state index in [0.29, 0.717) is 18.0 Å². The van der Waals surface area contributed by atoms with Crippen molar-refractivity contribution < 1.29 is 4.74 Å². The molecule has 1 saturated heterocycles. The minimum Gasteiger partial charge on any atom is -0.494 e. The molecule has 0 saturated carbocycles. The van der Waals surface area contributed by atoms with Crippen molar-refractivity contribution >= 4 is 10.9 Å². The largest absolute Gasteiger partial charge is 0.494 e. The van der Waals surface area contributed by atoms with Crippen molar-refractivity contribution in [3.05, 3.63) is 81.9 Å². The number of rotatable bonds is 7. The Balaban J connectivity index is 1.51. The third kappa shape index (κ3) is 5.42. The van der Waals surface area contributed by atoms with Gasteiger partial charge in [0.1, 0.15) is 11.8 Å². The Bertz CT molecular complexity index is 1400. The predicted octanol–water partition coefficient (Wildman–Crippen LogP) is 3.58. The van der Waals surface area contributed by atoms with E-state index in [2.05, 4.69) is 75.3 Å². The lowest BCUT2D eigenvalue weighted by molar-refractivity contribution is 0.0975. The van der Waals surface area contributed by atoms with E-state index in [4.69, 9.17) is 4.74 Å². The highest BCUT2D eigenvalue weighted by molar-refractivity contribution is 5.80. The first-order valence-electron chi connectivity index (χ1n) is 12.9. The van der Waals surface area contributed by atoms with E-state index in [1.165, 1.54) is 5.56 Å². The molecular formula is C28H35N7O2. The van der Waals surface area contributed by atoms with Gasteiger partial charge in [0.15, 0.2) is 5.82 Å². The molecule has 0 bridgehead atoms. The van der Waals surface area contributed by atoms with Gasteiger partial charge in [0.05, 0.1) is 12.1 Å². The number of hydrogen-bond acceptors (Lipinski definition) is 7. The van der Waals surface area contributed by atoms with Crippen LogP contribution in [0.25, 0.3) is 10.9 Å². The predicted molar refractivity (Wildman–Crippen MR) is 144 cm³/mol. The summed E-state index contributed by atoms with van der Waals surface area (Å²) in [6.45, 7) is 13.0. The van der Waals surface area contributed by atoms with Crippen LogP contribution < -0.4 is 10.3 Å². The van der Waals surface area contributed by atoms with Crippen LogP contribution in [0.3, 0.4) is 0 Å². The van der Waals surface area contributed by atoms with Gasteiger partial charge in [0.25, 0.3) is 5.56 Å². The maximum Gasteiger partial charge on any atom is 0.253 e. The van der Waals surface area contributed by atoms with E-state index in [1.54, 1.807) is 0 Å². The minimum absolute atomic E-state index is 0.128. The van der Waals surface area contributed by atoms with Crippen LogP contribution >= 0.6 is 0 Å². The number of benzene rings is 2. The second kappa shape index (κ2) is 10.4. The highest BCUT2D eigenvalue weighted by Crippen LogP contribution is 2.31. The first-order chi connectivity index (χ1) is 17.8. The lowest BCUT2D eigenvalue weighted by atomic mass is 10.0. The van der Waals surface area contributed by atoms with Crippen molar-refractivity contribution in [1.82, 2.24) is 35.0 Å². The first-order valence-corrected chi connectivity index (χ1v) is 12.9. The molecule has 37 heavy (non-hydrogen) atoms. The van der Waals surface area contributed by atoms with Gasteiger partial charge >= 0.3 is 0 Å². The van der Waals surface area contributed by atoms with Crippen molar-refractivity contribution in [2.24, 2.45) is 0 Å². The number of aromatic amines is 1. The summed E-state index contributed by atoms with van der Waals surface area (Å²) >= 11 is 0. The molecule has 9 nitrogen and oxygen atoms in total. The molecule has 9 heteroatoms. The normalized spacial score (nSPS) is 16.2. The summed E-state index contributed by atoms with van der Waals surface area (Å²) in [6.07, 6.45) is 0. The number of H-pyrrole nitrogens is 1. The second-order valence-electron chi connectivity index (χ2n) is 10.6. The molecule has 1 aliphatic heterocycles. The molecule has 5 rings (SSSR count). The van der Waals surface area contributed by atoms with Crippen molar-refractivity contribution in [2.45, 2.75) is 45.8 Å². The monoisotopic (exact) mass is 501 g/mol. The molecule has 2 aromatic heterocycles. The summed E-state index contributed by atoms with van der Waals surface area (Å²) in [5.41, 5.74) is 2.26. The smallest absolute Gasteiger partial charge is 0.253 e. The van der Waals surface area contributed by atoms with Crippen LogP contribution in [0.5, 0.6) is 5.75 Å². The van der Waals surface area contributed by atoms with Crippen LogP contribution in [0.15, 0.2) is 59.4 Å². The standard InChI is InChI=1S/C28H35N7O2/c1-5-37-22-11-12-24-21(17-22)18-23(27(36)29-24)25(26-30-31-32-35(26)28(2,3)4)34-15-13-33(14-16-34)19-20-9-7-6-8-10-20/h6-12,17-18,25H,5,13-16,19H2,1-4H3,(H,29,36). The summed E-state index contributed by atoms with van der Waals surface area (Å²) < 4.78 is 7.55. The molecule has 1 unspecified atom stereocenters. The fraction of sp³-hybridized carbons (Fsp3) is 0.429. The number of fused-ring (bicyclic) bond motifs is 1. The Morgan fingerprint density at radius 2 is 1.78 bits per heavy atom. The van der Waals surface area contributed by atoms with Gasteiger partial charge in [0, 0.05) is 49.2 Å². The summed E-state index contributed by atoms with van der Waals surface area (Å²) in [4.78, 5) is 21.4. The Morgan fingerprint density at radius 1 is 1.03 bits per heavy atom. The molecule has 4 aromatic rings. The van der Waals surface area contributed by atoms with Crippen LogP contribution in [0.2, 0.25) is 0 Å². The summed E-state index contributed by atoms with van der Waals surface area (Å²) in [6, 6.07) is 17.9. The van der Waals surface area contributed by atoms with E-state index in [1.807, 2.05) is 41.9 Å². The number of nitrogens with zero attached hydrogens (tertiary/aromatic N) is 6. The number of piperazine rings is 1. The SMILES string of the molecule is CCOc1ccc2[nH]c(=O)c(C(c3nnnn3C(C)(C)C)N3CCN(Cc4ccccc4)CC3)cc2c1. The quantitative estimate of drug-likeness (QED) is 0.414. The zero-order chi connectivity index (χ0) is 26.0. The minimum atomic E-state index is -0.378. The van der Waals surface area contributed by atoms with E-state index >= 15 is 0 Å². The van der Waals surface area contributed by atoms with E-state index < -0.39 is 0 Å². The number of ether oxygens (including phenoxy) is 1. The zero-order valence-electron chi connectivity index (χ0n) is 22.0. The van der Waals surface area contributed by atoms with Crippen LogP contribution in [0, 0.1) is 0 Å². The maximum atomic E-state index is 13.5. The average molecular weight is 502 g/mol. The highest BCUT2D eigenvalue weighted by Gasteiger charge is 2.35. The molecule has 0 amide bonds. The lowest BCUT2D eigenvalue weighted by Crippen LogP contribution is -2.49. The third-order valence-corrected chi connectivity index (χ3v) is 6.84. The highest BCUT2D eigenvalue weighted by atomic mass is 16.5. The van der Waals surface area contributed by atoms with Gasteiger partial charge in [0.2, 0.25) is 0 Å². The maximum absolute atomic E-state index is 13.5. The van der Waals surface area contributed by atoms with Gasteiger partial charge in [-0.2, -0.15) is 0 Å². The van der Waals surface area contributed by atoms with Crippen LogP contribution in [0.1, 0.15) is 50.7 Å². The van der Waals surface area contributed by atoms with Gasteiger partial charge in [-0.3, -0.25) is 14.6 Å². The van der Waals surface area contributed by atoms with Crippen LogP contribution in [-0.4, -0.2) is 67.8 Å². The first kappa shape index (κ1) is 25.1. The number of hydrogen-bond donors (Lipinski definition) is 1. The van der Waals surface area contributed by atoms with Gasteiger partial charge in [-0.15, -0.1) is 5.10 Å². The lowest BCUT2D eigenvalue weighted by Gasteiger charge is -2.39. The molecule has 0 spiro atoms. The molecule has 2 aromatic carbocycles. The summed E-state index contributed by atoms with van der Waals surface area (Å²) in [5, 5.41) is 13.7. The molecule has 0 aliphatic carbocycles. The third-order valence-electron chi connectivity index (χ3n) is 6.84. The van der Waals surface area contributed by atoms with Gasteiger partial charge in [-0.1, -0.05) is 30.3 Å². The number of pyridine rings is 1. The van der Waals surface area contributed by atoms with Crippen LogP contribution in [-0.2, 0) is 12.1 Å². The number of nitrogens with one attached hydrogen (secondary N) is 1. The van der Waals surface area contributed by atoms with Gasteiger partial charge in [-0.05, 0) is 68.0 Å². The van der Waals surface area contributed by atoms with E-state index in [9.17, 15) is 4.79 Å². The van der Waals surface area contributed by atoms with Crippen molar-refractivity contribution in [1.29, 1.82) is 0 Å². The molecule has 0 radical (unpaired) electrons. The molecule has 1 N–H and O–H groups in total. The fourth-order valence-corrected chi connectivity index (χ4v) is 5.02. The Kier molecular flexibility index (Phi) is 7.08. The Morgan fingerprint density at radius 3 is 2.49 bits per heavy atom. The van der Waals surface area contributed by atoms with Crippen molar-refractivity contribution in [3.63, 3.8) is 0 Å². The fourth-order valence-electron chi connectivity index (χ4n) is 5.02. The molecular weight excluding hydrogens is 466 g/mol. The second-order valence-corrected chi connectivity index (χ2v) is 10.6.